The molecule has 0 bridgehead atoms. The van der Waals surface area contributed by atoms with Gasteiger partial charge >= 0.3 is 5.97 Å². The zero-order valence-electron chi connectivity index (χ0n) is 10.5. The van der Waals surface area contributed by atoms with E-state index in [1.54, 1.807) is 0 Å². The number of hydrogen-bond donors (Lipinski definition) is 1. The number of aromatic carboxylic acids is 1. The van der Waals surface area contributed by atoms with Crippen molar-refractivity contribution in [1.82, 2.24) is 4.98 Å². The van der Waals surface area contributed by atoms with Crippen molar-refractivity contribution in [3.05, 3.63) is 22.8 Å². The summed E-state index contributed by atoms with van der Waals surface area (Å²) in [6.07, 6.45) is 1.31. The van der Waals surface area contributed by atoms with Gasteiger partial charge in [0.15, 0.2) is 0 Å². The number of halogens is 1. The predicted octanol–water partition coefficient (Wildman–Crippen LogP) is 2.30. The number of rotatable bonds is 7. The van der Waals surface area contributed by atoms with Gasteiger partial charge in [-0.05, 0) is 19.9 Å². The number of aromatic nitrogens is 1. The van der Waals surface area contributed by atoms with Gasteiger partial charge in [0, 0.05) is 25.9 Å². The third-order valence-corrected chi connectivity index (χ3v) is 2.74. The van der Waals surface area contributed by atoms with Crippen LogP contribution in [-0.4, -0.2) is 42.4 Å². The molecule has 100 valence electrons. The Morgan fingerprint density at radius 1 is 1.56 bits per heavy atom. The van der Waals surface area contributed by atoms with Crippen LogP contribution in [0.25, 0.3) is 0 Å². The van der Waals surface area contributed by atoms with Crippen molar-refractivity contribution in [1.29, 1.82) is 0 Å². The predicted molar refractivity (Wildman–Crippen MR) is 70.6 cm³/mol. The molecule has 0 aliphatic carbocycles. The molecule has 0 aromatic carbocycles. The molecule has 1 rings (SSSR count). The summed E-state index contributed by atoms with van der Waals surface area (Å²) >= 11 is 6.05. The van der Waals surface area contributed by atoms with Gasteiger partial charge in [0.1, 0.15) is 5.82 Å². The number of anilines is 1. The van der Waals surface area contributed by atoms with Gasteiger partial charge in [0.2, 0.25) is 0 Å². The summed E-state index contributed by atoms with van der Waals surface area (Å²) < 4.78 is 5.28. The molecule has 1 aromatic rings. The van der Waals surface area contributed by atoms with Crippen LogP contribution in [-0.2, 0) is 4.74 Å². The molecule has 1 N–H and O–H groups in total. The molecule has 0 fully saturated rings. The van der Waals surface area contributed by atoms with Gasteiger partial charge in [-0.15, -0.1) is 0 Å². The number of carboxylic acid groups (broad SMARTS) is 1. The molecule has 5 nitrogen and oxygen atoms in total. The SMILES string of the molecule is CCOCCN(CC)c1ncc(C(=O)O)cc1Cl. The molecule has 18 heavy (non-hydrogen) atoms. The Labute approximate surface area is 111 Å². The van der Waals surface area contributed by atoms with E-state index in [-0.39, 0.29) is 5.56 Å². The Kier molecular flexibility index (Phi) is 5.88. The monoisotopic (exact) mass is 272 g/mol. The lowest BCUT2D eigenvalue weighted by atomic mass is 10.3. The Balaban J connectivity index is 2.82. The Morgan fingerprint density at radius 2 is 2.28 bits per heavy atom. The van der Waals surface area contributed by atoms with Crippen molar-refractivity contribution in [3.8, 4) is 0 Å². The minimum absolute atomic E-state index is 0.0876. The van der Waals surface area contributed by atoms with Crippen molar-refractivity contribution in [2.45, 2.75) is 13.8 Å². The second-order valence-electron chi connectivity index (χ2n) is 3.61. The zero-order valence-corrected chi connectivity index (χ0v) is 11.3. The van der Waals surface area contributed by atoms with Crippen molar-refractivity contribution in [3.63, 3.8) is 0 Å². The van der Waals surface area contributed by atoms with E-state index in [1.165, 1.54) is 12.3 Å². The van der Waals surface area contributed by atoms with Gasteiger partial charge in [-0.1, -0.05) is 11.6 Å². The fourth-order valence-electron chi connectivity index (χ4n) is 1.51. The van der Waals surface area contributed by atoms with E-state index in [0.717, 1.165) is 6.54 Å². The molecule has 0 aliphatic heterocycles. The molecule has 1 heterocycles. The molecule has 0 unspecified atom stereocenters. The molecule has 1 aromatic heterocycles. The summed E-state index contributed by atoms with van der Waals surface area (Å²) in [6, 6.07) is 1.41. The summed E-state index contributed by atoms with van der Waals surface area (Å²) in [6.45, 7) is 6.56. The molecular formula is C12H17ClN2O3. The minimum Gasteiger partial charge on any atom is -0.478 e. The molecule has 0 saturated carbocycles. The fraction of sp³-hybridized carbons (Fsp3) is 0.500. The molecule has 0 amide bonds. The van der Waals surface area contributed by atoms with E-state index in [0.29, 0.717) is 30.6 Å². The lowest BCUT2D eigenvalue weighted by Gasteiger charge is -2.22. The second kappa shape index (κ2) is 7.18. The average molecular weight is 273 g/mol. The smallest absolute Gasteiger partial charge is 0.337 e. The number of pyridine rings is 1. The number of likely N-dealkylation sites (N-methyl/N-ethyl adjacent to an activating group) is 1. The van der Waals surface area contributed by atoms with Gasteiger partial charge in [-0.3, -0.25) is 0 Å². The number of ether oxygens (including phenoxy) is 1. The van der Waals surface area contributed by atoms with Crippen LogP contribution in [0.2, 0.25) is 5.02 Å². The lowest BCUT2D eigenvalue weighted by Crippen LogP contribution is -2.28. The molecule has 0 saturated heterocycles. The first kappa shape index (κ1) is 14.7. The van der Waals surface area contributed by atoms with Crippen LogP contribution in [0.1, 0.15) is 24.2 Å². The van der Waals surface area contributed by atoms with Crippen LogP contribution in [0.3, 0.4) is 0 Å². The molecule has 0 spiro atoms. The maximum atomic E-state index is 10.8. The van der Waals surface area contributed by atoms with Crippen LogP contribution in [0, 0.1) is 0 Å². The molecule has 6 heteroatoms. The van der Waals surface area contributed by atoms with Crippen LogP contribution in [0.15, 0.2) is 12.3 Å². The zero-order chi connectivity index (χ0) is 13.5. The van der Waals surface area contributed by atoms with Crippen LogP contribution in [0.5, 0.6) is 0 Å². The lowest BCUT2D eigenvalue weighted by molar-refractivity contribution is 0.0696. The van der Waals surface area contributed by atoms with E-state index >= 15 is 0 Å². The van der Waals surface area contributed by atoms with Crippen LogP contribution in [0.4, 0.5) is 5.82 Å². The van der Waals surface area contributed by atoms with Crippen LogP contribution < -0.4 is 4.90 Å². The molecular weight excluding hydrogens is 256 g/mol. The van der Waals surface area contributed by atoms with E-state index in [1.807, 2.05) is 18.7 Å². The van der Waals surface area contributed by atoms with Crippen molar-refractivity contribution >= 4 is 23.4 Å². The molecule has 0 radical (unpaired) electrons. The highest BCUT2D eigenvalue weighted by Gasteiger charge is 2.13. The maximum absolute atomic E-state index is 10.8. The standard InChI is InChI=1S/C12H17ClN2O3/c1-3-15(5-6-18-4-2)11-10(13)7-9(8-14-11)12(16)17/h7-8H,3-6H2,1-2H3,(H,16,17). The number of nitrogens with zero attached hydrogens (tertiary/aromatic N) is 2. The Bertz CT molecular complexity index is 412. The Hall–Kier alpha value is -1.33. The van der Waals surface area contributed by atoms with E-state index in [9.17, 15) is 4.79 Å². The third-order valence-electron chi connectivity index (χ3n) is 2.46. The van der Waals surface area contributed by atoms with Gasteiger partial charge in [-0.25, -0.2) is 9.78 Å². The highest BCUT2D eigenvalue weighted by atomic mass is 35.5. The number of hydrogen-bond acceptors (Lipinski definition) is 4. The molecule has 0 aliphatic rings. The average Bonchev–Trinajstić information content (AvgIpc) is 2.35. The summed E-state index contributed by atoms with van der Waals surface area (Å²) in [5.41, 5.74) is 0.0876. The topological polar surface area (TPSA) is 62.7 Å². The van der Waals surface area contributed by atoms with E-state index in [4.69, 9.17) is 21.4 Å². The largest absolute Gasteiger partial charge is 0.478 e. The minimum atomic E-state index is -1.03. The fourth-order valence-corrected chi connectivity index (χ4v) is 1.80. The van der Waals surface area contributed by atoms with Crippen LogP contribution >= 0.6 is 11.6 Å². The van der Waals surface area contributed by atoms with Crippen molar-refractivity contribution in [2.24, 2.45) is 0 Å². The summed E-state index contributed by atoms with van der Waals surface area (Å²) in [5, 5.41) is 9.18. The van der Waals surface area contributed by atoms with Crippen molar-refractivity contribution < 1.29 is 14.6 Å². The first-order valence-corrected chi connectivity index (χ1v) is 6.19. The normalized spacial score (nSPS) is 10.4. The third kappa shape index (κ3) is 3.85. The van der Waals surface area contributed by atoms with Gasteiger partial charge < -0.3 is 14.7 Å². The number of carbonyl (C=O) groups is 1. The first-order chi connectivity index (χ1) is 8.60. The van der Waals surface area contributed by atoms with Gasteiger partial charge in [0.25, 0.3) is 0 Å². The van der Waals surface area contributed by atoms with E-state index in [2.05, 4.69) is 4.98 Å². The maximum Gasteiger partial charge on any atom is 0.337 e. The first-order valence-electron chi connectivity index (χ1n) is 5.81. The quantitative estimate of drug-likeness (QED) is 0.772. The summed E-state index contributed by atoms with van der Waals surface area (Å²) in [4.78, 5) is 16.8. The van der Waals surface area contributed by atoms with Gasteiger partial charge in [-0.2, -0.15) is 0 Å². The van der Waals surface area contributed by atoms with E-state index < -0.39 is 5.97 Å². The highest BCUT2D eigenvalue weighted by molar-refractivity contribution is 6.33. The second-order valence-corrected chi connectivity index (χ2v) is 4.02. The number of carboxylic acids is 1. The summed E-state index contributed by atoms with van der Waals surface area (Å²) in [5.74, 6) is -0.447. The Morgan fingerprint density at radius 3 is 2.78 bits per heavy atom. The van der Waals surface area contributed by atoms with Crippen molar-refractivity contribution in [2.75, 3.05) is 31.2 Å². The van der Waals surface area contributed by atoms with Gasteiger partial charge in [0.05, 0.1) is 17.2 Å². The highest BCUT2D eigenvalue weighted by Crippen LogP contribution is 2.23. The summed E-state index contributed by atoms with van der Waals surface area (Å²) in [7, 11) is 0. The molecule has 0 atom stereocenters.